The fourth-order valence-electron chi connectivity index (χ4n) is 7.45. The number of aliphatic hydroxyl groups excluding tert-OH is 1. The van der Waals surface area contributed by atoms with Crippen LogP contribution in [0.3, 0.4) is 0 Å². The summed E-state index contributed by atoms with van der Waals surface area (Å²) in [5.41, 5.74) is 1.66. The fraction of sp³-hybridized carbons (Fsp3) is 0.361. The molecular formula is C36H38N2O5S. The number of anilines is 1. The summed E-state index contributed by atoms with van der Waals surface area (Å²) >= 11 is 1.60. The number of carbonyl (C=O) groups excluding carboxylic acids is 3. The lowest BCUT2D eigenvalue weighted by atomic mass is 9.71. The molecule has 3 fully saturated rings. The molecule has 2 amide bonds. The third kappa shape index (κ3) is 5.14. The minimum absolute atomic E-state index is 0.104. The molecule has 0 radical (unpaired) electrons. The van der Waals surface area contributed by atoms with Crippen LogP contribution in [0, 0.1) is 11.8 Å². The number of ether oxygens (including phenoxy) is 1. The molecule has 7 nitrogen and oxygen atoms in total. The van der Waals surface area contributed by atoms with Gasteiger partial charge in [0, 0.05) is 17.5 Å². The lowest BCUT2D eigenvalue weighted by Gasteiger charge is -2.39. The first-order valence-corrected chi connectivity index (χ1v) is 16.1. The number of carbonyl (C=O) groups is 3. The first kappa shape index (κ1) is 30.2. The highest BCUT2D eigenvalue weighted by atomic mass is 32.2. The predicted octanol–water partition coefficient (Wildman–Crippen LogP) is 5.17. The van der Waals surface area contributed by atoms with Gasteiger partial charge in [0.05, 0.1) is 35.8 Å². The molecule has 3 aromatic rings. The molecule has 8 heteroatoms. The van der Waals surface area contributed by atoms with E-state index in [0.717, 1.165) is 16.3 Å². The Morgan fingerprint density at radius 3 is 2.55 bits per heavy atom. The smallest absolute Gasteiger partial charge is 0.310 e. The van der Waals surface area contributed by atoms with Crippen LogP contribution < -0.4 is 4.90 Å². The number of fused-ring (bicyclic) bond motifs is 2. The quantitative estimate of drug-likeness (QED) is 0.173. The Kier molecular flexibility index (Phi) is 8.65. The van der Waals surface area contributed by atoms with Gasteiger partial charge in [-0.2, -0.15) is 0 Å². The summed E-state index contributed by atoms with van der Waals surface area (Å²) in [6, 6.07) is 22.0. The first-order chi connectivity index (χ1) is 21.4. The van der Waals surface area contributed by atoms with Crippen molar-refractivity contribution in [3.05, 3.63) is 104 Å². The van der Waals surface area contributed by atoms with E-state index < -0.39 is 34.6 Å². The monoisotopic (exact) mass is 610 g/mol. The maximum atomic E-state index is 15.0. The van der Waals surface area contributed by atoms with Crippen LogP contribution >= 0.6 is 11.8 Å². The fourth-order valence-corrected chi connectivity index (χ4v) is 9.64. The molecule has 2 unspecified atom stereocenters. The van der Waals surface area contributed by atoms with E-state index >= 15 is 0 Å². The van der Waals surface area contributed by atoms with Crippen LogP contribution in [0.2, 0.25) is 0 Å². The van der Waals surface area contributed by atoms with E-state index in [0.29, 0.717) is 31.4 Å². The molecule has 3 aliphatic rings. The Morgan fingerprint density at radius 1 is 1.07 bits per heavy atom. The number of rotatable bonds is 12. The summed E-state index contributed by atoms with van der Waals surface area (Å²) in [6.07, 6.45) is 5.64. The van der Waals surface area contributed by atoms with Gasteiger partial charge in [-0.15, -0.1) is 24.9 Å². The van der Waals surface area contributed by atoms with E-state index in [1.54, 1.807) is 33.7 Å². The second-order valence-corrected chi connectivity index (χ2v) is 13.4. The molecule has 6 atom stereocenters. The first-order valence-electron chi connectivity index (χ1n) is 15.3. The minimum Gasteiger partial charge on any atom is -0.465 e. The Bertz CT molecular complexity index is 1580. The number of aliphatic hydroxyl groups is 1. The molecule has 228 valence electrons. The zero-order chi connectivity index (χ0) is 30.8. The summed E-state index contributed by atoms with van der Waals surface area (Å²) < 4.78 is 4.83. The van der Waals surface area contributed by atoms with Gasteiger partial charge in [0.15, 0.2) is 0 Å². The van der Waals surface area contributed by atoms with Crippen molar-refractivity contribution in [2.45, 2.75) is 47.8 Å². The van der Waals surface area contributed by atoms with Crippen molar-refractivity contribution in [1.29, 1.82) is 0 Å². The molecule has 0 aromatic heterocycles. The molecular weight excluding hydrogens is 572 g/mol. The molecule has 3 saturated heterocycles. The van der Waals surface area contributed by atoms with Crippen LogP contribution in [0.25, 0.3) is 10.8 Å². The number of hydrogen-bond acceptors (Lipinski definition) is 6. The lowest BCUT2D eigenvalue weighted by Crippen LogP contribution is -2.58. The number of amides is 2. The van der Waals surface area contributed by atoms with Gasteiger partial charge in [-0.1, -0.05) is 72.8 Å². The SMILES string of the molecule is C=CCCOC(=O)[C@@H]1[C@@H]2CCC3(S2)C(C(=O)N(CC=C)c2ccc4ccccc4c2)N([C@@H](CO)Cc2ccccc2)C(=O)[C@H]13. The second-order valence-electron chi connectivity index (χ2n) is 11.8. The van der Waals surface area contributed by atoms with Gasteiger partial charge in [-0.3, -0.25) is 14.4 Å². The molecule has 2 bridgehead atoms. The minimum atomic E-state index is -0.867. The van der Waals surface area contributed by atoms with E-state index in [1.165, 1.54) is 0 Å². The van der Waals surface area contributed by atoms with Gasteiger partial charge >= 0.3 is 5.97 Å². The van der Waals surface area contributed by atoms with Gasteiger partial charge in [-0.05, 0) is 54.2 Å². The van der Waals surface area contributed by atoms with Crippen molar-refractivity contribution < 1.29 is 24.2 Å². The maximum Gasteiger partial charge on any atom is 0.310 e. The Morgan fingerprint density at radius 2 is 1.82 bits per heavy atom. The summed E-state index contributed by atoms with van der Waals surface area (Å²) in [7, 11) is 0. The van der Waals surface area contributed by atoms with Gasteiger partial charge in [0.1, 0.15) is 6.04 Å². The van der Waals surface area contributed by atoms with Crippen LogP contribution in [0.4, 0.5) is 5.69 Å². The molecule has 3 aromatic carbocycles. The highest BCUT2D eigenvalue weighted by Gasteiger charge is 2.74. The van der Waals surface area contributed by atoms with Gasteiger partial charge < -0.3 is 19.6 Å². The van der Waals surface area contributed by atoms with Gasteiger partial charge in [0.2, 0.25) is 5.91 Å². The maximum absolute atomic E-state index is 15.0. The number of benzene rings is 3. The summed E-state index contributed by atoms with van der Waals surface area (Å²) in [5, 5.41) is 12.7. The number of esters is 1. The van der Waals surface area contributed by atoms with E-state index in [1.807, 2.05) is 72.8 Å². The molecule has 1 spiro atoms. The summed E-state index contributed by atoms with van der Waals surface area (Å²) in [6.45, 7) is 7.78. The van der Waals surface area contributed by atoms with E-state index in [4.69, 9.17) is 4.74 Å². The van der Waals surface area contributed by atoms with Gasteiger partial charge in [-0.25, -0.2) is 0 Å². The molecule has 44 heavy (non-hydrogen) atoms. The zero-order valence-electron chi connectivity index (χ0n) is 24.7. The van der Waals surface area contributed by atoms with E-state index in [-0.39, 0.29) is 36.8 Å². The molecule has 0 aliphatic carbocycles. The number of thioether (sulfide) groups is 1. The molecule has 0 saturated carbocycles. The van der Waals surface area contributed by atoms with Crippen molar-refractivity contribution in [2.24, 2.45) is 11.8 Å². The topological polar surface area (TPSA) is 87.2 Å². The lowest BCUT2D eigenvalue weighted by molar-refractivity contribution is -0.154. The molecule has 3 aliphatic heterocycles. The summed E-state index contributed by atoms with van der Waals surface area (Å²) in [5.74, 6) is -2.22. The standard InChI is InChI=1S/C36H38N2O5S/c1-3-5-20-43-35(42)30-29-17-18-36(44-29)31(30)33(40)38(28(23-39)21-24-11-7-6-8-12-24)32(36)34(41)37(19-4-2)27-16-15-25-13-9-10-14-26(25)22-27/h3-4,6-16,22,28-32,39H,1-2,5,17-21,23H2/t28-,29+,30-,31+,32?,36?/m1/s1. The Balaban J connectivity index is 1.43. The van der Waals surface area contributed by atoms with E-state index in [9.17, 15) is 19.5 Å². The predicted molar refractivity (Wildman–Crippen MR) is 174 cm³/mol. The van der Waals surface area contributed by atoms with Crippen molar-refractivity contribution in [3.8, 4) is 0 Å². The highest BCUT2D eigenvalue weighted by molar-refractivity contribution is 8.02. The molecule has 6 rings (SSSR count). The van der Waals surface area contributed by atoms with Crippen LogP contribution in [0.15, 0.2) is 98.1 Å². The third-order valence-corrected chi connectivity index (χ3v) is 11.3. The third-order valence-electron chi connectivity index (χ3n) is 9.35. The number of likely N-dealkylation sites (tertiary alicyclic amines) is 1. The highest BCUT2D eigenvalue weighted by Crippen LogP contribution is 2.67. The number of nitrogens with zero attached hydrogens (tertiary/aromatic N) is 2. The van der Waals surface area contributed by atoms with Crippen molar-refractivity contribution in [3.63, 3.8) is 0 Å². The summed E-state index contributed by atoms with van der Waals surface area (Å²) in [4.78, 5) is 46.4. The number of hydrogen-bond donors (Lipinski definition) is 1. The molecule has 1 N–H and O–H groups in total. The zero-order valence-corrected chi connectivity index (χ0v) is 25.5. The molecule has 3 heterocycles. The van der Waals surface area contributed by atoms with Crippen LogP contribution in [-0.4, -0.2) is 69.6 Å². The van der Waals surface area contributed by atoms with Crippen molar-refractivity contribution >= 4 is 46.0 Å². The van der Waals surface area contributed by atoms with Crippen molar-refractivity contribution in [1.82, 2.24) is 4.90 Å². The van der Waals surface area contributed by atoms with Gasteiger partial charge in [0.25, 0.3) is 5.91 Å². The van der Waals surface area contributed by atoms with Crippen molar-refractivity contribution in [2.75, 3.05) is 24.7 Å². The average molecular weight is 611 g/mol. The van der Waals surface area contributed by atoms with Crippen LogP contribution in [0.1, 0.15) is 24.8 Å². The van der Waals surface area contributed by atoms with E-state index in [2.05, 4.69) is 13.2 Å². The largest absolute Gasteiger partial charge is 0.465 e. The normalized spacial score (nSPS) is 25.9. The van der Waals surface area contributed by atoms with Crippen LogP contribution in [0.5, 0.6) is 0 Å². The Labute approximate surface area is 262 Å². The average Bonchev–Trinajstić information content (AvgIpc) is 3.70. The Hall–Kier alpha value is -3.88. The second kappa shape index (κ2) is 12.6. The van der Waals surface area contributed by atoms with Crippen LogP contribution in [-0.2, 0) is 25.5 Å².